The van der Waals surface area contributed by atoms with Crippen LogP contribution in [0, 0.1) is 19.3 Å². The lowest BCUT2D eigenvalue weighted by atomic mass is 9.67. The summed E-state index contributed by atoms with van der Waals surface area (Å²) in [5.74, 6) is 1.65. The summed E-state index contributed by atoms with van der Waals surface area (Å²) in [4.78, 5) is 11.6. The molecule has 2 aliphatic rings. The Labute approximate surface area is 212 Å². The minimum atomic E-state index is -0.110. The van der Waals surface area contributed by atoms with Crippen LogP contribution in [0.1, 0.15) is 65.5 Å². The third-order valence-electron chi connectivity index (χ3n) is 7.77. The Balaban J connectivity index is 1.53. The van der Waals surface area contributed by atoms with Crippen molar-refractivity contribution in [2.45, 2.75) is 46.6 Å². The first-order chi connectivity index (χ1) is 17.3. The molecule has 0 spiro atoms. The van der Waals surface area contributed by atoms with Crippen LogP contribution in [-0.2, 0) is 0 Å². The summed E-state index contributed by atoms with van der Waals surface area (Å²) in [6.07, 6.45) is 2.87. The molecule has 3 nitrogen and oxygen atoms in total. The number of fused-ring (bicyclic) bond motifs is 4. The summed E-state index contributed by atoms with van der Waals surface area (Å²) in [6, 6.07) is 21.0. The molecule has 1 unspecified atom stereocenters. The van der Waals surface area contributed by atoms with E-state index >= 15 is 0 Å². The van der Waals surface area contributed by atoms with E-state index in [4.69, 9.17) is 4.42 Å². The average Bonchev–Trinajstić information content (AvgIpc) is 3.33. The average molecular weight is 474 g/mol. The molecule has 4 aromatic rings. The number of aryl methyl sites for hydroxylation is 1. The zero-order valence-electron chi connectivity index (χ0n) is 21.4. The van der Waals surface area contributed by atoms with Crippen molar-refractivity contribution in [3.63, 3.8) is 0 Å². The van der Waals surface area contributed by atoms with Crippen molar-refractivity contribution in [2.75, 3.05) is 5.32 Å². The van der Waals surface area contributed by atoms with Crippen molar-refractivity contribution in [3.8, 4) is 11.3 Å². The second-order valence-corrected chi connectivity index (χ2v) is 11.1. The molecule has 3 heteroatoms. The van der Waals surface area contributed by atoms with Gasteiger partial charge in [0.2, 0.25) is 0 Å². The minimum absolute atomic E-state index is 0.110. The summed E-state index contributed by atoms with van der Waals surface area (Å²) in [5.41, 5.74) is 10.0. The summed E-state index contributed by atoms with van der Waals surface area (Å²) >= 11 is 0. The van der Waals surface area contributed by atoms with E-state index in [2.05, 4.69) is 74.3 Å². The van der Waals surface area contributed by atoms with Gasteiger partial charge in [0.1, 0.15) is 23.8 Å². The second-order valence-electron chi connectivity index (χ2n) is 11.1. The molecule has 1 aliphatic carbocycles. The van der Waals surface area contributed by atoms with Crippen molar-refractivity contribution < 1.29 is 9.21 Å². The third kappa shape index (κ3) is 3.53. The van der Waals surface area contributed by atoms with E-state index < -0.39 is 0 Å². The predicted octanol–water partition coefficient (Wildman–Crippen LogP) is 8.83. The molecule has 180 valence electrons. The zero-order chi connectivity index (χ0) is 25.2. The lowest BCUT2D eigenvalue weighted by Crippen LogP contribution is -2.28. The predicted molar refractivity (Wildman–Crippen MR) is 148 cm³/mol. The SMILES string of the molecule is C=C1CC(C)(C)CC2=C1C(c1ccc(-c3cc(C)cc(C=O)c3C)o1)Nc1ccc3ccccc3c12. The van der Waals surface area contributed by atoms with Gasteiger partial charge in [0, 0.05) is 22.4 Å². The van der Waals surface area contributed by atoms with E-state index in [-0.39, 0.29) is 11.5 Å². The van der Waals surface area contributed by atoms with Gasteiger partial charge in [-0.1, -0.05) is 50.8 Å². The van der Waals surface area contributed by atoms with E-state index in [1.807, 2.05) is 26.0 Å². The van der Waals surface area contributed by atoms with Crippen molar-refractivity contribution >= 4 is 28.3 Å². The topological polar surface area (TPSA) is 42.2 Å². The number of allylic oxidation sites excluding steroid dienone is 1. The molecule has 0 saturated carbocycles. The van der Waals surface area contributed by atoms with Crippen LogP contribution < -0.4 is 5.32 Å². The molecule has 0 saturated heterocycles. The van der Waals surface area contributed by atoms with Crippen LogP contribution in [0.3, 0.4) is 0 Å². The summed E-state index contributed by atoms with van der Waals surface area (Å²) in [5, 5.41) is 6.33. The third-order valence-corrected chi connectivity index (χ3v) is 7.77. The van der Waals surface area contributed by atoms with Gasteiger partial charge in [-0.2, -0.15) is 0 Å². The first-order valence-corrected chi connectivity index (χ1v) is 12.6. The van der Waals surface area contributed by atoms with Gasteiger partial charge in [0.25, 0.3) is 0 Å². The fraction of sp³-hybridized carbons (Fsp3) is 0.242. The maximum Gasteiger partial charge on any atom is 0.150 e. The number of hydrogen-bond acceptors (Lipinski definition) is 3. The second kappa shape index (κ2) is 8.09. The van der Waals surface area contributed by atoms with Gasteiger partial charge in [-0.05, 0) is 101 Å². The molecule has 0 radical (unpaired) electrons. The molecule has 1 atom stereocenters. The maximum absolute atomic E-state index is 11.6. The summed E-state index contributed by atoms with van der Waals surface area (Å²) < 4.78 is 6.54. The van der Waals surface area contributed by atoms with Crippen molar-refractivity contribution in [2.24, 2.45) is 5.41 Å². The Hall–Kier alpha value is -3.85. The molecule has 0 fully saturated rings. The van der Waals surface area contributed by atoms with Crippen molar-refractivity contribution in [1.29, 1.82) is 0 Å². The smallest absolute Gasteiger partial charge is 0.150 e. The highest BCUT2D eigenvalue weighted by Gasteiger charge is 2.39. The number of carbonyl (C=O) groups excluding carboxylic acids is 1. The van der Waals surface area contributed by atoms with Gasteiger partial charge in [-0.15, -0.1) is 0 Å². The molecule has 6 rings (SSSR count). The Kier molecular flexibility index (Phi) is 5.08. The largest absolute Gasteiger partial charge is 0.459 e. The molecular formula is C33H31NO2. The lowest BCUT2D eigenvalue weighted by molar-refractivity contribution is 0.112. The number of carbonyl (C=O) groups is 1. The number of nitrogens with one attached hydrogen (secondary N) is 1. The molecule has 1 aliphatic heterocycles. The molecular weight excluding hydrogens is 442 g/mol. The quantitative estimate of drug-likeness (QED) is 0.302. The highest BCUT2D eigenvalue weighted by Crippen LogP contribution is 2.55. The van der Waals surface area contributed by atoms with Crippen LogP contribution in [0.4, 0.5) is 5.69 Å². The minimum Gasteiger partial charge on any atom is -0.459 e. The number of benzene rings is 3. The fourth-order valence-electron chi connectivity index (χ4n) is 6.20. The Morgan fingerprint density at radius 3 is 2.64 bits per heavy atom. The fourth-order valence-corrected chi connectivity index (χ4v) is 6.20. The Morgan fingerprint density at radius 1 is 1.03 bits per heavy atom. The van der Waals surface area contributed by atoms with Crippen LogP contribution in [0.25, 0.3) is 27.7 Å². The van der Waals surface area contributed by atoms with Gasteiger partial charge in [-0.25, -0.2) is 0 Å². The van der Waals surface area contributed by atoms with Crippen LogP contribution in [0.5, 0.6) is 0 Å². The molecule has 0 amide bonds. The normalized spacial score (nSPS) is 18.6. The molecule has 3 aromatic carbocycles. The standard InChI is InChI=1S/C33H31NO2/c1-19-14-23(18-35)21(3)25(15-19)28-12-13-29(36-28)32-30-20(2)16-33(4,5)17-26(30)31-24-9-7-6-8-22(24)10-11-27(31)34-32/h6-15,18,32,34H,2,16-17H2,1,3-5H3. The monoisotopic (exact) mass is 473 g/mol. The van der Waals surface area contributed by atoms with Gasteiger partial charge in [0.15, 0.2) is 0 Å². The van der Waals surface area contributed by atoms with Gasteiger partial charge in [-0.3, -0.25) is 4.79 Å². The Morgan fingerprint density at radius 2 is 1.83 bits per heavy atom. The van der Waals surface area contributed by atoms with Crippen molar-refractivity contribution in [3.05, 3.63) is 106 Å². The summed E-state index contributed by atoms with van der Waals surface area (Å²) in [6.45, 7) is 13.2. The molecule has 36 heavy (non-hydrogen) atoms. The van der Waals surface area contributed by atoms with Crippen molar-refractivity contribution in [1.82, 2.24) is 0 Å². The van der Waals surface area contributed by atoms with Crippen LogP contribution in [0.2, 0.25) is 0 Å². The number of aldehydes is 1. The first-order valence-electron chi connectivity index (χ1n) is 12.6. The van der Waals surface area contributed by atoms with E-state index in [0.29, 0.717) is 5.56 Å². The number of rotatable bonds is 3. The van der Waals surface area contributed by atoms with Gasteiger partial charge >= 0.3 is 0 Å². The van der Waals surface area contributed by atoms with E-state index in [1.165, 1.54) is 33.1 Å². The first kappa shape index (κ1) is 22.6. The summed E-state index contributed by atoms with van der Waals surface area (Å²) in [7, 11) is 0. The molecule has 1 aromatic heterocycles. The molecule has 2 heterocycles. The molecule has 0 bridgehead atoms. The number of furan rings is 1. The maximum atomic E-state index is 11.6. The van der Waals surface area contributed by atoms with Gasteiger partial charge in [0.05, 0.1) is 0 Å². The van der Waals surface area contributed by atoms with Gasteiger partial charge < -0.3 is 9.73 Å². The lowest BCUT2D eigenvalue weighted by Gasteiger charge is -2.41. The van der Waals surface area contributed by atoms with E-state index in [1.54, 1.807) is 0 Å². The number of anilines is 1. The number of hydrogen-bond donors (Lipinski definition) is 1. The highest BCUT2D eigenvalue weighted by molar-refractivity contribution is 6.02. The van der Waals surface area contributed by atoms with E-state index in [0.717, 1.165) is 53.0 Å². The zero-order valence-corrected chi connectivity index (χ0v) is 21.4. The molecule has 1 N–H and O–H groups in total. The Bertz CT molecular complexity index is 1600. The van der Waals surface area contributed by atoms with Crippen LogP contribution >= 0.6 is 0 Å². The highest BCUT2D eigenvalue weighted by atomic mass is 16.3. The van der Waals surface area contributed by atoms with Crippen LogP contribution in [-0.4, -0.2) is 6.29 Å². The van der Waals surface area contributed by atoms with E-state index in [9.17, 15) is 4.79 Å². The van der Waals surface area contributed by atoms with Crippen LogP contribution in [0.15, 0.2) is 82.8 Å².